The van der Waals surface area contributed by atoms with Crippen molar-refractivity contribution in [2.45, 2.75) is 0 Å². The second-order valence-electron chi connectivity index (χ2n) is 4.62. The summed E-state index contributed by atoms with van der Waals surface area (Å²) in [6.45, 7) is 0. The summed E-state index contributed by atoms with van der Waals surface area (Å²) < 4.78 is 4.49. The second-order valence-corrected chi connectivity index (χ2v) is 4.62. The van der Waals surface area contributed by atoms with Crippen LogP contribution in [0.3, 0.4) is 0 Å². The molecule has 5 N–H and O–H groups in total. The van der Waals surface area contributed by atoms with Gasteiger partial charge in [0, 0.05) is 11.4 Å². The number of rotatable bonds is 2. The highest BCUT2D eigenvalue weighted by Crippen LogP contribution is 2.13. The minimum Gasteiger partial charge on any atom is -0.478 e. The zero-order chi connectivity index (χ0) is 19.0. The number of ether oxygens (including phenoxy) is 1. The van der Waals surface area contributed by atoms with Crippen molar-refractivity contribution in [2.24, 2.45) is 0 Å². The van der Waals surface area contributed by atoms with E-state index >= 15 is 0 Å². The number of carboxylic acids is 1. The quantitative estimate of drug-likeness (QED) is 0.550. The molecule has 0 fully saturated rings. The lowest BCUT2D eigenvalue weighted by molar-refractivity contribution is 0.0599. The maximum atomic E-state index is 11.0. The predicted octanol–water partition coefficient (Wildman–Crippen LogP) is 1.77. The minimum absolute atomic E-state index is 0.0701. The van der Waals surface area contributed by atoms with Crippen molar-refractivity contribution in [3.05, 3.63) is 58.7 Å². The van der Waals surface area contributed by atoms with Crippen molar-refractivity contribution >= 4 is 23.3 Å². The summed E-state index contributed by atoms with van der Waals surface area (Å²) in [5.74, 6) is -1.54. The van der Waals surface area contributed by atoms with Gasteiger partial charge in [0.2, 0.25) is 0 Å². The fourth-order valence-corrected chi connectivity index (χ4v) is 1.68. The van der Waals surface area contributed by atoms with Crippen LogP contribution in [0.5, 0.6) is 0 Å². The fourth-order valence-electron chi connectivity index (χ4n) is 1.68. The van der Waals surface area contributed by atoms with Gasteiger partial charge in [0.25, 0.3) is 0 Å². The zero-order valence-corrected chi connectivity index (χ0v) is 13.2. The van der Waals surface area contributed by atoms with Crippen LogP contribution in [-0.2, 0) is 4.74 Å². The van der Waals surface area contributed by atoms with Gasteiger partial charge < -0.3 is 21.3 Å². The first-order valence-corrected chi connectivity index (χ1v) is 6.74. The van der Waals surface area contributed by atoms with E-state index < -0.39 is 11.9 Å². The number of carbonyl (C=O) groups is 2. The average molecular weight is 338 g/mol. The number of nitriles is 2. The fraction of sp³-hybridized carbons (Fsp3) is 0.0588. The van der Waals surface area contributed by atoms with Gasteiger partial charge >= 0.3 is 11.9 Å². The molecule has 0 heterocycles. The van der Waals surface area contributed by atoms with Crippen molar-refractivity contribution in [3.8, 4) is 12.1 Å². The molecule has 0 radical (unpaired) electrons. The summed E-state index contributed by atoms with van der Waals surface area (Å²) in [6, 6.07) is 12.1. The molecule has 0 amide bonds. The molecule has 2 aromatic rings. The lowest BCUT2D eigenvalue weighted by Crippen LogP contribution is -2.02. The number of nitrogens with two attached hydrogens (primary N) is 2. The third-order valence-electron chi connectivity index (χ3n) is 3.02. The van der Waals surface area contributed by atoms with Crippen LogP contribution in [0, 0.1) is 22.7 Å². The lowest BCUT2D eigenvalue weighted by atomic mass is 10.1. The number of methoxy groups -OCH3 is 1. The molecular formula is C17H14N4O4. The number of hydrogen-bond acceptors (Lipinski definition) is 7. The van der Waals surface area contributed by atoms with Gasteiger partial charge in [-0.25, -0.2) is 9.59 Å². The molecule has 0 saturated carbocycles. The Hall–Kier alpha value is -4.04. The van der Waals surface area contributed by atoms with Gasteiger partial charge in [-0.2, -0.15) is 10.5 Å². The molecular weight excluding hydrogens is 324 g/mol. The lowest BCUT2D eigenvalue weighted by Gasteiger charge is -2.00. The SMILES string of the molecule is COC(=O)c1ccc(N)c(C#N)c1.N#Cc1cc(C(=O)O)ccc1N. The van der Waals surface area contributed by atoms with Gasteiger partial charge in [-0.1, -0.05) is 0 Å². The standard InChI is InChI=1S/C9H8N2O2.C8H6N2O2/c1-13-9(12)6-2-3-8(11)7(4-6)5-10;9-4-6-3-5(8(11)12)1-2-7(6)10/h2-4H,11H2,1H3;1-3H,10H2,(H,11,12). The van der Waals surface area contributed by atoms with Gasteiger partial charge in [-0.3, -0.25) is 0 Å². The number of esters is 1. The molecule has 0 saturated heterocycles. The summed E-state index contributed by atoms with van der Waals surface area (Å²) in [7, 11) is 1.28. The van der Waals surface area contributed by atoms with Crippen LogP contribution in [0.4, 0.5) is 11.4 Å². The van der Waals surface area contributed by atoms with Gasteiger partial charge in [-0.05, 0) is 36.4 Å². The Labute approximate surface area is 143 Å². The number of benzene rings is 2. The van der Waals surface area contributed by atoms with Gasteiger partial charge in [-0.15, -0.1) is 0 Å². The second kappa shape index (κ2) is 8.56. The molecule has 0 aliphatic heterocycles. The third-order valence-corrected chi connectivity index (χ3v) is 3.02. The summed E-state index contributed by atoms with van der Waals surface area (Å²) in [5, 5.41) is 25.7. The highest BCUT2D eigenvalue weighted by Gasteiger charge is 2.07. The summed E-state index contributed by atoms with van der Waals surface area (Å²) in [5.41, 5.74) is 12.4. The zero-order valence-electron chi connectivity index (χ0n) is 13.2. The molecule has 2 rings (SSSR count). The third kappa shape index (κ3) is 4.98. The molecule has 0 unspecified atom stereocenters. The molecule has 25 heavy (non-hydrogen) atoms. The van der Waals surface area contributed by atoms with E-state index in [9.17, 15) is 9.59 Å². The molecule has 8 nitrogen and oxygen atoms in total. The topological polar surface area (TPSA) is 163 Å². The molecule has 0 aliphatic rings. The van der Waals surface area contributed by atoms with Crippen LogP contribution >= 0.6 is 0 Å². The van der Waals surface area contributed by atoms with Gasteiger partial charge in [0.15, 0.2) is 0 Å². The highest BCUT2D eigenvalue weighted by molar-refractivity contribution is 5.90. The van der Waals surface area contributed by atoms with Crippen LogP contribution in [0.2, 0.25) is 0 Å². The van der Waals surface area contributed by atoms with E-state index in [-0.39, 0.29) is 16.7 Å². The van der Waals surface area contributed by atoms with Gasteiger partial charge in [0.1, 0.15) is 12.1 Å². The molecule has 2 aromatic carbocycles. The number of anilines is 2. The molecule has 0 aliphatic carbocycles. The summed E-state index contributed by atoms with van der Waals surface area (Å²) in [6.07, 6.45) is 0. The first-order chi connectivity index (χ1) is 11.8. The van der Waals surface area contributed by atoms with E-state index in [1.54, 1.807) is 6.07 Å². The number of carbonyl (C=O) groups excluding carboxylic acids is 1. The number of nitrogens with zero attached hydrogens (tertiary/aromatic N) is 2. The highest BCUT2D eigenvalue weighted by atomic mass is 16.5. The minimum atomic E-state index is -1.06. The molecule has 126 valence electrons. The van der Waals surface area contributed by atoms with E-state index in [0.29, 0.717) is 16.9 Å². The molecule has 8 heteroatoms. The monoisotopic (exact) mass is 338 g/mol. The van der Waals surface area contributed by atoms with E-state index in [1.165, 1.54) is 43.5 Å². The van der Waals surface area contributed by atoms with Crippen LogP contribution < -0.4 is 11.5 Å². The van der Waals surface area contributed by atoms with Crippen LogP contribution in [-0.4, -0.2) is 24.2 Å². The Morgan fingerprint density at radius 3 is 1.80 bits per heavy atom. The Bertz CT molecular complexity index is 894. The Morgan fingerprint density at radius 2 is 1.40 bits per heavy atom. The van der Waals surface area contributed by atoms with Crippen molar-refractivity contribution in [1.82, 2.24) is 0 Å². The van der Waals surface area contributed by atoms with Crippen molar-refractivity contribution < 1.29 is 19.4 Å². The average Bonchev–Trinajstić information content (AvgIpc) is 2.62. The predicted molar refractivity (Wildman–Crippen MR) is 89.4 cm³/mol. The van der Waals surface area contributed by atoms with Crippen LogP contribution in [0.25, 0.3) is 0 Å². The van der Waals surface area contributed by atoms with E-state index in [1.807, 2.05) is 6.07 Å². The molecule has 0 aromatic heterocycles. The molecule has 0 atom stereocenters. The smallest absolute Gasteiger partial charge is 0.337 e. The Morgan fingerprint density at radius 1 is 0.960 bits per heavy atom. The Balaban J connectivity index is 0.000000251. The van der Waals surface area contributed by atoms with Crippen molar-refractivity contribution in [2.75, 3.05) is 18.6 Å². The summed E-state index contributed by atoms with van der Waals surface area (Å²) >= 11 is 0. The van der Waals surface area contributed by atoms with Crippen molar-refractivity contribution in [1.29, 1.82) is 10.5 Å². The summed E-state index contributed by atoms with van der Waals surface area (Å²) in [4.78, 5) is 21.5. The van der Waals surface area contributed by atoms with E-state index in [2.05, 4.69) is 4.74 Å². The maximum Gasteiger partial charge on any atom is 0.337 e. The normalized spacial score (nSPS) is 8.92. The maximum absolute atomic E-state index is 11.0. The first kappa shape index (κ1) is 19.0. The number of aromatic carboxylic acids is 1. The number of carboxylic acid groups (broad SMARTS) is 1. The van der Waals surface area contributed by atoms with Crippen LogP contribution in [0.15, 0.2) is 36.4 Å². The van der Waals surface area contributed by atoms with Gasteiger partial charge in [0.05, 0.1) is 29.4 Å². The van der Waals surface area contributed by atoms with Crippen molar-refractivity contribution in [3.63, 3.8) is 0 Å². The first-order valence-electron chi connectivity index (χ1n) is 6.74. The molecule has 0 bridgehead atoms. The number of hydrogen-bond donors (Lipinski definition) is 3. The van der Waals surface area contributed by atoms with E-state index in [0.717, 1.165) is 0 Å². The molecule has 0 spiro atoms. The van der Waals surface area contributed by atoms with E-state index in [4.69, 9.17) is 27.1 Å². The van der Waals surface area contributed by atoms with Crippen LogP contribution in [0.1, 0.15) is 31.8 Å². The Kier molecular flexibility index (Phi) is 6.50. The largest absolute Gasteiger partial charge is 0.478 e. The number of nitrogen functional groups attached to an aromatic ring is 2.